The molecule has 0 saturated heterocycles. The van der Waals surface area contributed by atoms with E-state index < -0.39 is 6.10 Å². The average molecular weight is 340 g/mol. The third-order valence-electron chi connectivity index (χ3n) is 4.24. The molecule has 0 aromatic heterocycles. The molecule has 0 bridgehead atoms. The number of aryl methyl sites for hydroxylation is 1. The predicted octanol–water partition coefficient (Wildman–Crippen LogP) is 4.82. The van der Waals surface area contributed by atoms with Gasteiger partial charge in [-0.25, -0.2) is 0 Å². The van der Waals surface area contributed by atoms with Gasteiger partial charge in [-0.05, 0) is 30.5 Å². The molecule has 1 N–H and O–H groups in total. The molecule has 0 aliphatic carbocycles. The molecule has 2 aromatic carbocycles. The molecule has 0 spiro atoms. The number of ketones is 1. The normalized spacial score (nSPS) is 11.9. The second-order valence-corrected chi connectivity index (χ2v) is 6.37. The van der Waals surface area contributed by atoms with Gasteiger partial charge in [-0.1, -0.05) is 68.7 Å². The molecule has 3 nitrogen and oxygen atoms in total. The number of ether oxygens (including phenoxy) is 1. The molecule has 134 valence electrons. The van der Waals surface area contributed by atoms with Crippen molar-refractivity contribution in [3.8, 4) is 5.75 Å². The highest BCUT2D eigenvalue weighted by atomic mass is 16.5. The Bertz CT molecular complexity index is 637. The molecule has 2 rings (SSSR count). The van der Waals surface area contributed by atoms with Crippen molar-refractivity contribution in [2.75, 3.05) is 6.61 Å². The van der Waals surface area contributed by atoms with E-state index in [0.29, 0.717) is 24.2 Å². The summed E-state index contributed by atoms with van der Waals surface area (Å²) in [7, 11) is 0. The van der Waals surface area contributed by atoms with E-state index in [4.69, 9.17) is 4.74 Å². The molecule has 0 radical (unpaired) electrons. The topological polar surface area (TPSA) is 46.5 Å². The Balaban J connectivity index is 1.89. The summed E-state index contributed by atoms with van der Waals surface area (Å²) >= 11 is 0. The molecule has 1 unspecified atom stereocenters. The highest BCUT2D eigenvalue weighted by Gasteiger charge is 2.13. The first-order valence-corrected chi connectivity index (χ1v) is 9.17. The van der Waals surface area contributed by atoms with Gasteiger partial charge in [0.05, 0.1) is 11.7 Å². The Labute approximate surface area is 150 Å². The summed E-state index contributed by atoms with van der Waals surface area (Å²) in [5.41, 5.74) is 1.75. The van der Waals surface area contributed by atoms with Crippen LogP contribution >= 0.6 is 0 Å². The van der Waals surface area contributed by atoms with Gasteiger partial charge in [0, 0.05) is 6.42 Å². The lowest BCUT2D eigenvalue weighted by atomic mass is 10.0. The summed E-state index contributed by atoms with van der Waals surface area (Å²) in [5.74, 6) is 0.634. The highest BCUT2D eigenvalue weighted by Crippen LogP contribution is 2.21. The fourth-order valence-electron chi connectivity index (χ4n) is 2.76. The van der Waals surface area contributed by atoms with Gasteiger partial charge < -0.3 is 9.84 Å². The summed E-state index contributed by atoms with van der Waals surface area (Å²) in [5, 5.41) is 10.0. The highest BCUT2D eigenvalue weighted by molar-refractivity contribution is 5.98. The quantitative estimate of drug-likeness (QED) is 0.471. The van der Waals surface area contributed by atoms with Crippen LogP contribution in [0.15, 0.2) is 54.6 Å². The number of Topliss-reactive ketones (excluding diaryl/α,β-unsaturated/α-hetero) is 1. The number of para-hydroxylation sites is 1. The fraction of sp³-hybridized carbons (Fsp3) is 0.409. The number of unbranched alkanes of at least 4 members (excludes halogenated alkanes) is 2. The number of hydrogen-bond acceptors (Lipinski definition) is 3. The maximum atomic E-state index is 12.6. The fourth-order valence-corrected chi connectivity index (χ4v) is 2.76. The third-order valence-corrected chi connectivity index (χ3v) is 4.24. The molecule has 3 heteroatoms. The molecular formula is C22H28O3. The SMILES string of the molecule is CCCCCC(O)COc1ccccc1C(=O)CCc1ccccc1. The number of rotatable bonds is 11. The summed E-state index contributed by atoms with van der Waals surface area (Å²) in [6.07, 6.45) is 4.66. The second kappa shape index (κ2) is 10.7. The summed E-state index contributed by atoms with van der Waals surface area (Å²) in [4.78, 5) is 12.6. The minimum Gasteiger partial charge on any atom is -0.490 e. The summed E-state index contributed by atoms with van der Waals surface area (Å²) < 4.78 is 5.73. The molecule has 2 aromatic rings. The van der Waals surface area contributed by atoms with Gasteiger partial charge in [-0.15, -0.1) is 0 Å². The van der Waals surface area contributed by atoms with Crippen molar-refractivity contribution in [3.63, 3.8) is 0 Å². The van der Waals surface area contributed by atoms with Crippen molar-refractivity contribution in [2.24, 2.45) is 0 Å². The van der Waals surface area contributed by atoms with Crippen LogP contribution in [0.3, 0.4) is 0 Å². The number of benzene rings is 2. The van der Waals surface area contributed by atoms with Crippen molar-refractivity contribution < 1.29 is 14.6 Å². The van der Waals surface area contributed by atoms with E-state index >= 15 is 0 Å². The van der Waals surface area contributed by atoms with E-state index in [2.05, 4.69) is 6.92 Å². The van der Waals surface area contributed by atoms with E-state index in [0.717, 1.165) is 31.2 Å². The Morgan fingerprint density at radius 2 is 1.76 bits per heavy atom. The molecule has 0 fully saturated rings. The first-order chi connectivity index (χ1) is 12.2. The number of aliphatic hydroxyl groups is 1. The first-order valence-electron chi connectivity index (χ1n) is 9.17. The van der Waals surface area contributed by atoms with Crippen molar-refractivity contribution in [1.29, 1.82) is 0 Å². The second-order valence-electron chi connectivity index (χ2n) is 6.37. The van der Waals surface area contributed by atoms with Crippen LogP contribution in [-0.2, 0) is 6.42 Å². The van der Waals surface area contributed by atoms with E-state index in [9.17, 15) is 9.90 Å². The molecule has 0 aliphatic rings. The zero-order chi connectivity index (χ0) is 17.9. The van der Waals surface area contributed by atoms with Crippen LogP contribution in [0, 0.1) is 0 Å². The lowest BCUT2D eigenvalue weighted by molar-refractivity contribution is 0.0920. The van der Waals surface area contributed by atoms with Crippen LogP contribution in [0.5, 0.6) is 5.75 Å². The van der Waals surface area contributed by atoms with Crippen molar-refractivity contribution in [3.05, 3.63) is 65.7 Å². The number of aliphatic hydroxyl groups excluding tert-OH is 1. The Morgan fingerprint density at radius 3 is 2.52 bits per heavy atom. The molecule has 0 aliphatic heterocycles. The van der Waals surface area contributed by atoms with Gasteiger partial charge in [0.1, 0.15) is 12.4 Å². The van der Waals surface area contributed by atoms with Crippen LogP contribution in [0.25, 0.3) is 0 Å². The molecule has 0 amide bonds. The minimum absolute atomic E-state index is 0.0694. The lowest BCUT2D eigenvalue weighted by Gasteiger charge is -2.14. The molecule has 0 heterocycles. The minimum atomic E-state index is -0.487. The first kappa shape index (κ1) is 19.2. The van der Waals surface area contributed by atoms with Crippen molar-refractivity contribution in [1.82, 2.24) is 0 Å². The number of carbonyl (C=O) groups excluding carboxylic acids is 1. The van der Waals surface area contributed by atoms with Gasteiger partial charge in [-0.2, -0.15) is 0 Å². The van der Waals surface area contributed by atoms with Crippen LogP contribution in [0.4, 0.5) is 0 Å². The Kier molecular flexibility index (Phi) is 8.20. The van der Waals surface area contributed by atoms with E-state index in [-0.39, 0.29) is 12.4 Å². The Morgan fingerprint density at radius 1 is 1.04 bits per heavy atom. The molecule has 25 heavy (non-hydrogen) atoms. The smallest absolute Gasteiger partial charge is 0.166 e. The van der Waals surface area contributed by atoms with Crippen LogP contribution < -0.4 is 4.74 Å². The van der Waals surface area contributed by atoms with Crippen LogP contribution in [-0.4, -0.2) is 23.6 Å². The van der Waals surface area contributed by atoms with Crippen molar-refractivity contribution in [2.45, 2.75) is 51.6 Å². The van der Waals surface area contributed by atoms with Crippen molar-refractivity contribution >= 4 is 5.78 Å². The zero-order valence-corrected chi connectivity index (χ0v) is 15.0. The largest absolute Gasteiger partial charge is 0.490 e. The lowest BCUT2D eigenvalue weighted by Crippen LogP contribution is -2.18. The van der Waals surface area contributed by atoms with E-state index in [1.165, 1.54) is 0 Å². The van der Waals surface area contributed by atoms with E-state index in [1.54, 1.807) is 12.1 Å². The van der Waals surface area contributed by atoms with Crippen LogP contribution in [0.2, 0.25) is 0 Å². The summed E-state index contributed by atoms with van der Waals surface area (Å²) in [6.45, 7) is 2.37. The van der Waals surface area contributed by atoms with Gasteiger partial charge in [-0.3, -0.25) is 4.79 Å². The molecule has 0 saturated carbocycles. The van der Waals surface area contributed by atoms with Gasteiger partial charge in [0.25, 0.3) is 0 Å². The number of hydrogen-bond donors (Lipinski definition) is 1. The summed E-state index contributed by atoms with van der Waals surface area (Å²) in [6, 6.07) is 17.3. The van der Waals surface area contributed by atoms with Gasteiger partial charge in [0.2, 0.25) is 0 Å². The maximum Gasteiger partial charge on any atom is 0.166 e. The van der Waals surface area contributed by atoms with Crippen LogP contribution in [0.1, 0.15) is 54.9 Å². The number of carbonyl (C=O) groups is 1. The molecular weight excluding hydrogens is 312 g/mol. The monoisotopic (exact) mass is 340 g/mol. The third kappa shape index (κ3) is 6.71. The maximum absolute atomic E-state index is 12.6. The Hall–Kier alpha value is -2.13. The average Bonchev–Trinajstić information content (AvgIpc) is 2.66. The standard InChI is InChI=1S/C22H28O3/c1-2-3-5-12-19(23)17-25-22-14-9-8-13-20(22)21(24)16-15-18-10-6-4-7-11-18/h4,6-11,13-14,19,23H,2-3,5,12,15-17H2,1H3. The van der Waals surface area contributed by atoms with Gasteiger partial charge in [0.15, 0.2) is 5.78 Å². The zero-order valence-electron chi connectivity index (χ0n) is 15.0. The molecule has 1 atom stereocenters. The van der Waals surface area contributed by atoms with Gasteiger partial charge >= 0.3 is 0 Å². The predicted molar refractivity (Wildman–Crippen MR) is 101 cm³/mol. The van der Waals surface area contributed by atoms with E-state index in [1.807, 2.05) is 42.5 Å².